The molecule has 3 nitrogen and oxygen atoms in total. The number of carbonyl (C=O) groups excluding carboxylic acids is 1. The summed E-state index contributed by atoms with van der Waals surface area (Å²) in [7, 11) is 0. The first-order valence-electron chi connectivity index (χ1n) is 5.13. The fourth-order valence-corrected chi connectivity index (χ4v) is 3.38. The van der Waals surface area contributed by atoms with E-state index in [1.807, 2.05) is 24.3 Å². The summed E-state index contributed by atoms with van der Waals surface area (Å²) in [5.41, 5.74) is 7.36. The topological polar surface area (TPSA) is 55.1 Å². The Bertz CT molecular complexity index is 564. The van der Waals surface area contributed by atoms with Crippen LogP contribution in [0, 0.1) is 0 Å². The lowest BCUT2D eigenvalue weighted by atomic mass is 10.2. The van der Waals surface area contributed by atoms with Crippen LogP contribution in [0.5, 0.6) is 0 Å². The van der Waals surface area contributed by atoms with Crippen molar-refractivity contribution in [1.29, 1.82) is 0 Å². The van der Waals surface area contributed by atoms with E-state index in [2.05, 4.69) is 37.2 Å². The Balaban J connectivity index is 2.00. The third-order valence-electron chi connectivity index (χ3n) is 2.27. The molecule has 0 aliphatic carbocycles. The molecular formula is C12H10Br2N2OS. The second kappa shape index (κ2) is 5.86. The van der Waals surface area contributed by atoms with Gasteiger partial charge in [-0.2, -0.15) is 0 Å². The monoisotopic (exact) mass is 388 g/mol. The van der Waals surface area contributed by atoms with Crippen LogP contribution >= 0.6 is 43.2 Å². The first-order valence-corrected chi connectivity index (χ1v) is 7.54. The third-order valence-corrected chi connectivity index (χ3v) is 5.53. The van der Waals surface area contributed by atoms with E-state index in [1.54, 1.807) is 6.07 Å². The standard InChI is InChI=1S/C12H10Br2N2OS/c13-9-5-10(18-11(9)14)12(17)16-6-7-2-1-3-8(15)4-7/h1-5H,6,15H2,(H,16,17). The molecule has 18 heavy (non-hydrogen) atoms. The number of nitrogens with two attached hydrogens (primary N) is 1. The number of hydrogen-bond donors (Lipinski definition) is 2. The van der Waals surface area contributed by atoms with Crippen LogP contribution in [0.4, 0.5) is 5.69 Å². The van der Waals surface area contributed by atoms with E-state index in [9.17, 15) is 4.79 Å². The Labute approximate surface area is 126 Å². The van der Waals surface area contributed by atoms with Crippen LogP contribution in [0.15, 0.2) is 38.6 Å². The maximum Gasteiger partial charge on any atom is 0.261 e. The van der Waals surface area contributed by atoms with Crippen molar-refractivity contribution in [2.24, 2.45) is 0 Å². The molecule has 0 saturated carbocycles. The van der Waals surface area contributed by atoms with Gasteiger partial charge in [-0.15, -0.1) is 11.3 Å². The van der Waals surface area contributed by atoms with Gasteiger partial charge in [-0.3, -0.25) is 4.79 Å². The maximum atomic E-state index is 11.9. The van der Waals surface area contributed by atoms with Crippen LogP contribution in [-0.2, 0) is 6.54 Å². The maximum absolute atomic E-state index is 11.9. The van der Waals surface area contributed by atoms with Crippen LogP contribution in [-0.4, -0.2) is 5.91 Å². The minimum atomic E-state index is -0.0891. The molecule has 6 heteroatoms. The Morgan fingerprint density at radius 1 is 1.33 bits per heavy atom. The number of benzene rings is 1. The van der Waals surface area contributed by atoms with E-state index in [1.165, 1.54) is 11.3 Å². The van der Waals surface area contributed by atoms with Gasteiger partial charge in [0.2, 0.25) is 0 Å². The summed E-state index contributed by atoms with van der Waals surface area (Å²) in [6.07, 6.45) is 0. The lowest BCUT2D eigenvalue weighted by Gasteiger charge is -2.04. The van der Waals surface area contributed by atoms with Crippen molar-refractivity contribution in [3.63, 3.8) is 0 Å². The minimum Gasteiger partial charge on any atom is -0.399 e. The smallest absolute Gasteiger partial charge is 0.261 e. The van der Waals surface area contributed by atoms with Crippen LogP contribution in [0.3, 0.4) is 0 Å². The fourth-order valence-electron chi connectivity index (χ4n) is 1.43. The molecular weight excluding hydrogens is 380 g/mol. The number of carbonyl (C=O) groups is 1. The van der Waals surface area contributed by atoms with E-state index < -0.39 is 0 Å². The molecule has 0 unspecified atom stereocenters. The first kappa shape index (κ1) is 13.6. The molecule has 3 N–H and O–H groups in total. The highest BCUT2D eigenvalue weighted by Crippen LogP contribution is 2.32. The summed E-state index contributed by atoms with van der Waals surface area (Å²) >= 11 is 8.12. The second-order valence-electron chi connectivity index (χ2n) is 3.66. The summed E-state index contributed by atoms with van der Waals surface area (Å²) in [5.74, 6) is -0.0891. The number of thiophene rings is 1. The van der Waals surface area contributed by atoms with Crippen LogP contribution in [0.1, 0.15) is 15.2 Å². The molecule has 0 bridgehead atoms. The van der Waals surface area contributed by atoms with Crippen molar-refractivity contribution >= 4 is 54.8 Å². The van der Waals surface area contributed by atoms with Gasteiger partial charge in [-0.05, 0) is 55.6 Å². The zero-order valence-electron chi connectivity index (χ0n) is 9.24. The predicted octanol–water partition coefficient (Wildman–Crippen LogP) is 3.79. The van der Waals surface area contributed by atoms with Gasteiger partial charge >= 0.3 is 0 Å². The van der Waals surface area contributed by atoms with E-state index in [0.29, 0.717) is 17.1 Å². The third kappa shape index (κ3) is 3.34. The Hall–Kier alpha value is -0.850. The molecule has 0 fully saturated rings. The molecule has 1 amide bonds. The van der Waals surface area contributed by atoms with Gasteiger partial charge in [0, 0.05) is 16.7 Å². The van der Waals surface area contributed by atoms with Crippen molar-refractivity contribution in [3.05, 3.63) is 49.0 Å². The van der Waals surface area contributed by atoms with E-state index in [-0.39, 0.29) is 5.91 Å². The molecule has 1 heterocycles. The highest BCUT2D eigenvalue weighted by molar-refractivity contribution is 9.13. The molecule has 0 atom stereocenters. The van der Waals surface area contributed by atoms with Crippen LogP contribution in [0.25, 0.3) is 0 Å². The van der Waals surface area contributed by atoms with Crippen molar-refractivity contribution in [1.82, 2.24) is 5.32 Å². The molecule has 2 rings (SSSR count). The fraction of sp³-hybridized carbons (Fsp3) is 0.0833. The SMILES string of the molecule is Nc1cccc(CNC(=O)c2cc(Br)c(Br)s2)c1. The minimum absolute atomic E-state index is 0.0891. The number of nitrogens with one attached hydrogen (secondary N) is 1. The van der Waals surface area contributed by atoms with Crippen molar-refractivity contribution < 1.29 is 4.79 Å². The molecule has 0 saturated heterocycles. The van der Waals surface area contributed by atoms with E-state index in [0.717, 1.165) is 13.8 Å². The zero-order chi connectivity index (χ0) is 13.1. The van der Waals surface area contributed by atoms with Gasteiger partial charge in [-0.25, -0.2) is 0 Å². The van der Waals surface area contributed by atoms with Gasteiger partial charge in [0.1, 0.15) is 0 Å². The van der Waals surface area contributed by atoms with Gasteiger partial charge in [-0.1, -0.05) is 12.1 Å². The molecule has 0 radical (unpaired) electrons. The summed E-state index contributed by atoms with van der Waals surface area (Å²) in [4.78, 5) is 12.6. The number of amides is 1. The lowest BCUT2D eigenvalue weighted by Crippen LogP contribution is -2.21. The number of anilines is 1. The Kier molecular flexibility index (Phi) is 4.42. The van der Waals surface area contributed by atoms with Crippen molar-refractivity contribution in [2.45, 2.75) is 6.54 Å². The Morgan fingerprint density at radius 2 is 2.11 bits per heavy atom. The predicted molar refractivity (Wildman–Crippen MR) is 81.7 cm³/mol. The van der Waals surface area contributed by atoms with Gasteiger partial charge < -0.3 is 11.1 Å². The van der Waals surface area contributed by atoms with E-state index >= 15 is 0 Å². The largest absolute Gasteiger partial charge is 0.399 e. The van der Waals surface area contributed by atoms with Crippen LogP contribution in [0.2, 0.25) is 0 Å². The summed E-state index contributed by atoms with van der Waals surface area (Å²) in [6.45, 7) is 0.469. The summed E-state index contributed by atoms with van der Waals surface area (Å²) < 4.78 is 1.80. The molecule has 0 aliphatic rings. The molecule has 1 aromatic heterocycles. The highest BCUT2D eigenvalue weighted by atomic mass is 79.9. The molecule has 0 spiro atoms. The molecule has 2 aromatic rings. The van der Waals surface area contributed by atoms with Crippen LogP contribution < -0.4 is 11.1 Å². The number of halogens is 2. The average molecular weight is 390 g/mol. The Morgan fingerprint density at radius 3 is 2.72 bits per heavy atom. The molecule has 94 valence electrons. The summed E-state index contributed by atoms with van der Waals surface area (Å²) in [5, 5.41) is 2.86. The number of hydrogen-bond acceptors (Lipinski definition) is 3. The zero-order valence-corrected chi connectivity index (χ0v) is 13.2. The van der Waals surface area contributed by atoms with E-state index in [4.69, 9.17) is 5.73 Å². The quantitative estimate of drug-likeness (QED) is 0.784. The lowest BCUT2D eigenvalue weighted by molar-refractivity contribution is 0.0955. The number of nitrogen functional groups attached to an aromatic ring is 1. The normalized spacial score (nSPS) is 10.3. The van der Waals surface area contributed by atoms with Crippen molar-refractivity contribution in [3.8, 4) is 0 Å². The highest BCUT2D eigenvalue weighted by Gasteiger charge is 2.11. The van der Waals surface area contributed by atoms with Gasteiger partial charge in [0.05, 0.1) is 8.66 Å². The van der Waals surface area contributed by atoms with Crippen molar-refractivity contribution in [2.75, 3.05) is 5.73 Å². The second-order valence-corrected chi connectivity index (χ2v) is 6.88. The van der Waals surface area contributed by atoms with Gasteiger partial charge in [0.25, 0.3) is 5.91 Å². The average Bonchev–Trinajstić information content (AvgIpc) is 2.67. The summed E-state index contributed by atoms with van der Waals surface area (Å²) in [6, 6.07) is 9.26. The number of rotatable bonds is 3. The molecule has 1 aromatic carbocycles. The first-order chi connectivity index (χ1) is 8.56. The van der Waals surface area contributed by atoms with Gasteiger partial charge in [0.15, 0.2) is 0 Å². The molecule has 0 aliphatic heterocycles.